The van der Waals surface area contributed by atoms with Crippen molar-refractivity contribution in [2.24, 2.45) is 17.3 Å². The average Bonchev–Trinajstić information content (AvgIpc) is 2.86. The normalized spacial score (nSPS) is 43.8. The molecule has 0 aromatic rings. The van der Waals surface area contributed by atoms with E-state index in [0.717, 1.165) is 24.5 Å². The molecule has 0 aromatic carbocycles. The predicted molar refractivity (Wildman–Crippen MR) is 60.8 cm³/mol. The molecule has 3 atom stereocenters. The van der Waals surface area contributed by atoms with Gasteiger partial charge in [-0.15, -0.1) is 0 Å². The van der Waals surface area contributed by atoms with E-state index in [-0.39, 0.29) is 0 Å². The van der Waals surface area contributed by atoms with E-state index in [9.17, 15) is 0 Å². The topological polar surface area (TPSA) is 21.3 Å². The summed E-state index contributed by atoms with van der Waals surface area (Å²) in [4.78, 5) is 0. The molecule has 3 unspecified atom stereocenters. The van der Waals surface area contributed by atoms with Gasteiger partial charge < -0.3 is 10.1 Å². The first-order valence-electron chi connectivity index (χ1n) is 6.55. The Labute approximate surface area is 92.8 Å². The minimum absolute atomic E-state index is 0.500. The SMILES string of the molecule is COCC1(CNC2CC2)CC2CCC1C2. The van der Waals surface area contributed by atoms with Gasteiger partial charge in [0.1, 0.15) is 0 Å². The molecule has 3 rings (SSSR count). The maximum Gasteiger partial charge on any atom is 0.0533 e. The Morgan fingerprint density at radius 1 is 1.27 bits per heavy atom. The highest BCUT2D eigenvalue weighted by molar-refractivity contribution is 5.02. The molecule has 2 bridgehead atoms. The van der Waals surface area contributed by atoms with Gasteiger partial charge in [-0.05, 0) is 43.9 Å². The van der Waals surface area contributed by atoms with E-state index in [4.69, 9.17) is 4.74 Å². The fourth-order valence-electron chi connectivity index (χ4n) is 3.92. The monoisotopic (exact) mass is 209 g/mol. The summed E-state index contributed by atoms with van der Waals surface area (Å²) in [6.07, 6.45) is 8.65. The van der Waals surface area contributed by atoms with Crippen LogP contribution in [0.3, 0.4) is 0 Å². The maximum absolute atomic E-state index is 5.49. The minimum Gasteiger partial charge on any atom is -0.384 e. The summed E-state index contributed by atoms with van der Waals surface area (Å²) in [7, 11) is 1.87. The van der Waals surface area contributed by atoms with Gasteiger partial charge in [0.15, 0.2) is 0 Å². The number of hydrogen-bond acceptors (Lipinski definition) is 2. The van der Waals surface area contributed by atoms with Crippen LogP contribution in [0.2, 0.25) is 0 Å². The zero-order valence-corrected chi connectivity index (χ0v) is 9.80. The summed E-state index contributed by atoms with van der Waals surface area (Å²) in [5.41, 5.74) is 0.500. The van der Waals surface area contributed by atoms with E-state index in [1.807, 2.05) is 7.11 Å². The van der Waals surface area contributed by atoms with Crippen molar-refractivity contribution in [2.75, 3.05) is 20.3 Å². The van der Waals surface area contributed by atoms with Crippen molar-refractivity contribution in [1.82, 2.24) is 5.32 Å². The number of fused-ring (bicyclic) bond motifs is 2. The number of methoxy groups -OCH3 is 1. The molecule has 15 heavy (non-hydrogen) atoms. The molecule has 0 aliphatic heterocycles. The maximum atomic E-state index is 5.49. The summed E-state index contributed by atoms with van der Waals surface area (Å²) < 4.78 is 5.49. The molecule has 3 aliphatic rings. The second kappa shape index (κ2) is 3.74. The summed E-state index contributed by atoms with van der Waals surface area (Å²) in [5, 5.41) is 3.73. The highest BCUT2D eigenvalue weighted by Gasteiger charge is 2.50. The molecule has 2 nitrogen and oxygen atoms in total. The summed E-state index contributed by atoms with van der Waals surface area (Å²) in [6.45, 7) is 2.19. The van der Waals surface area contributed by atoms with E-state index < -0.39 is 0 Å². The van der Waals surface area contributed by atoms with Gasteiger partial charge in [0, 0.05) is 25.1 Å². The van der Waals surface area contributed by atoms with Gasteiger partial charge in [0.25, 0.3) is 0 Å². The Bertz CT molecular complexity index is 239. The molecule has 1 N–H and O–H groups in total. The first kappa shape index (κ1) is 10.1. The van der Waals surface area contributed by atoms with Gasteiger partial charge in [0.2, 0.25) is 0 Å². The Balaban J connectivity index is 1.64. The van der Waals surface area contributed by atoms with Gasteiger partial charge in [-0.25, -0.2) is 0 Å². The fourth-order valence-corrected chi connectivity index (χ4v) is 3.92. The fraction of sp³-hybridized carbons (Fsp3) is 1.00. The highest BCUT2D eigenvalue weighted by atomic mass is 16.5. The van der Waals surface area contributed by atoms with Crippen LogP contribution in [0.5, 0.6) is 0 Å². The van der Waals surface area contributed by atoms with Gasteiger partial charge in [-0.3, -0.25) is 0 Å². The standard InChI is InChI=1S/C13H23NO/c1-15-9-13(8-14-12-4-5-12)7-10-2-3-11(13)6-10/h10-12,14H,2-9H2,1H3. The largest absolute Gasteiger partial charge is 0.384 e. The molecule has 0 spiro atoms. The Hall–Kier alpha value is -0.0800. The van der Waals surface area contributed by atoms with Crippen LogP contribution in [0.25, 0.3) is 0 Å². The van der Waals surface area contributed by atoms with E-state index in [2.05, 4.69) is 5.32 Å². The van der Waals surface area contributed by atoms with Crippen LogP contribution in [-0.4, -0.2) is 26.3 Å². The molecule has 0 aromatic heterocycles. The third-order valence-electron chi connectivity index (χ3n) is 4.85. The molecule has 2 heteroatoms. The van der Waals surface area contributed by atoms with Crippen molar-refractivity contribution in [3.8, 4) is 0 Å². The molecule has 3 saturated carbocycles. The van der Waals surface area contributed by atoms with Crippen LogP contribution in [0.1, 0.15) is 38.5 Å². The van der Waals surface area contributed by atoms with E-state index in [0.29, 0.717) is 5.41 Å². The molecule has 3 aliphatic carbocycles. The lowest BCUT2D eigenvalue weighted by Gasteiger charge is -2.37. The predicted octanol–water partition coefficient (Wildman–Crippen LogP) is 2.19. The van der Waals surface area contributed by atoms with E-state index in [1.54, 1.807) is 0 Å². The minimum atomic E-state index is 0.500. The van der Waals surface area contributed by atoms with Crippen molar-refractivity contribution in [1.29, 1.82) is 0 Å². The van der Waals surface area contributed by atoms with Crippen molar-refractivity contribution in [3.05, 3.63) is 0 Å². The van der Waals surface area contributed by atoms with Crippen LogP contribution in [0.4, 0.5) is 0 Å². The lowest BCUT2D eigenvalue weighted by molar-refractivity contribution is 0.0344. The van der Waals surface area contributed by atoms with E-state index >= 15 is 0 Å². The van der Waals surface area contributed by atoms with E-state index in [1.165, 1.54) is 45.1 Å². The number of nitrogens with one attached hydrogen (secondary N) is 1. The summed E-state index contributed by atoms with van der Waals surface area (Å²) in [6, 6.07) is 0.845. The molecule has 3 fully saturated rings. The summed E-state index contributed by atoms with van der Waals surface area (Å²) in [5.74, 6) is 1.97. The molecule has 0 saturated heterocycles. The smallest absolute Gasteiger partial charge is 0.0533 e. The highest BCUT2D eigenvalue weighted by Crippen LogP contribution is 2.55. The Morgan fingerprint density at radius 3 is 2.67 bits per heavy atom. The molecular formula is C13H23NO. The number of rotatable bonds is 5. The quantitative estimate of drug-likeness (QED) is 0.749. The van der Waals surface area contributed by atoms with Gasteiger partial charge in [-0.2, -0.15) is 0 Å². The second-order valence-corrected chi connectivity index (χ2v) is 6.03. The van der Waals surface area contributed by atoms with Crippen molar-refractivity contribution >= 4 is 0 Å². The molecule has 0 heterocycles. The summed E-state index contributed by atoms with van der Waals surface area (Å²) >= 11 is 0. The number of hydrogen-bond donors (Lipinski definition) is 1. The third-order valence-corrected chi connectivity index (χ3v) is 4.85. The Morgan fingerprint density at radius 2 is 2.13 bits per heavy atom. The molecular weight excluding hydrogens is 186 g/mol. The third kappa shape index (κ3) is 1.83. The van der Waals surface area contributed by atoms with Crippen molar-refractivity contribution < 1.29 is 4.74 Å². The van der Waals surface area contributed by atoms with Crippen LogP contribution in [-0.2, 0) is 4.74 Å². The second-order valence-electron chi connectivity index (χ2n) is 6.03. The average molecular weight is 209 g/mol. The zero-order chi connectivity index (χ0) is 10.3. The lowest BCUT2D eigenvalue weighted by atomic mass is 9.73. The van der Waals surface area contributed by atoms with Gasteiger partial charge in [-0.1, -0.05) is 6.42 Å². The lowest BCUT2D eigenvalue weighted by Crippen LogP contribution is -2.42. The molecule has 0 amide bonds. The first-order valence-corrected chi connectivity index (χ1v) is 6.55. The van der Waals surface area contributed by atoms with Crippen LogP contribution in [0, 0.1) is 17.3 Å². The van der Waals surface area contributed by atoms with Crippen LogP contribution >= 0.6 is 0 Å². The zero-order valence-electron chi connectivity index (χ0n) is 9.80. The van der Waals surface area contributed by atoms with Crippen molar-refractivity contribution in [3.63, 3.8) is 0 Å². The van der Waals surface area contributed by atoms with Gasteiger partial charge in [0.05, 0.1) is 6.61 Å². The van der Waals surface area contributed by atoms with Crippen LogP contribution in [0.15, 0.2) is 0 Å². The Kier molecular flexibility index (Phi) is 2.52. The molecule has 0 radical (unpaired) electrons. The van der Waals surface area contributed by atoms with Gasteiger partial charge >= 0.3 is 0 Å². The van der Waals surface area contributed by atoms with Crippen molar-refractivity contribution in [2.45, 2.75) is 44.6 Å². The van der Waals surface area contributed by atoms with Crippen LogP contribution < -0.4 is 5.32 Å². The number of ether oxygens (including phenoxy) is 1. The molecule has 86 valence electrons. The first-order chi connectivity index (χ1) is 7.32.